The van der Waals surface area contributed by atoms with E-state index in [9.17, 15) is 0 Å². The van der Waals surface area contributed by atoms with Crippen LogP contribution < -0.4 is 5.32 Å². The van der Waals surface area contributed by atoms with Gasteiger partial charge < -0.3 is 25.3 Å². The van der Waals surface area contributed by atoms with Crippen LogP contribution in [0.25, 0.3) is 0 Å². The average Bonchev–Trinajstić information content (AvgIpc) is 2.48. The molecule has 0 atom stereocenters. The third kappa shape index (κ3) is 2.77. The third-order valence-corrected chi connectivity index (χ3v) is 2.55. The van der Waals surface area contributed by atoms with E-state index in [-0.39, 0.29) is 13.3 Å². The molecule has 4 N–H and O–H groups in total. The minimum Gasteiger partial charge on any atom is -0.391 e. The molecule has 1 rings (SSSR count). The van der Waals surface area contributed by atoms with Crippen LogP contribution in [0.4, 0.5) is 0 Å². The zero-order chi connectivity index (χ0) is 9.68. The SMILES string of the molecule is OCC[NH2+]CN1CCN(CO)C1=S. The van der Waals surface area contributed by atoms with Crippen molar-refractivity contribution >= 4 is 17.3 Å². The van der Waals surface area contributed by atoms with Gasteiger partial charge in [0.25, 0.3) is 0 Å². The number of aliphatic hydroxyl groups excluding tert-OH is 2. The van der Waals surface area contributed by atoms with Crippen molar-refractivity contribution in [2.75, 3.05) is 39.6 Å². The Bertz CT molecular complexity index is 179. The van der Waals surface area contributed by atoms with E-state index in [4.69, 9.17) is 22.4 Å². The topological polar surface area (TPSA) is 63.6 Å². The van der Waals surface area contributed by atoms with Gasteiger partial charge in [-0.15, -0.1) is 0 Å². The van der Waals surface area contributed by atoms with Crippen molar-refractivity contribution in [3.8, 4) is 0 Å². The van der Waals surface area contributed by atoms with E-state index in [1.165, 1.54) is 0 Å². The monoisotopic (exact) mass is 206 g/mol. The van der Waals surface area contributed by atoms with Gasteiger partial charge in [0.2, 0.25) is 0 Å². The van der Waals surface area contributed by atoms with E-state index in [1.807, 2.05) is 10.2 Å². The van der Waals surface area contributed by atoms with E-state index in [0.717, 1.165) is 19.8 Å². The van der Waals surface area contributed by atoms with Gasteiger partial charge in [-0.2, -0.15) is 0 Å². The summed E-state index contributed by atoms with van der Waals surface area (Å²) in [6.07, 6.45) is 0. The summed E-state index contributed by atoms with van der Waals surface area (Å²) in [6.45, 7) is 3.29. The van der Waals surface area contributed by atoms with Gasteiger partial charge in [0.1, 0.15) is 13.3 Å². The van der Waals surface area contributed by atoms with E-state index in [2.05, 4.69) is 0 Å². The maximum Gasteiger partial charge on any atom is 0.177 e. The van der Waals surface area contributed by atoms with Crippen molar-refractivity contribution in [1.29, 1.82) is 0 Å². The van der Waals surface area contributed by atoms with E-state index >= 15 is 0 Å². The van der Waals surface area contributed by atoms with Crippen LogP contribution in [0.3, 0.4) is 0 Å². The predicted molar refractivity (Wildman–Crippen MR) is 51.8 cm³/mol. The molecule has 1 fully saturated rings. The second-order valence-corrected chi connectivity index (χ2v) is 3.30. The molecular formula is C7H16N3O2S+. The Morgan fingerprint density at radius 2 is 2.00 bits per heavy atom. The molecule has 0 aromatic carbocycles. The molecule has 0 aliphatic carbocycles. The highest BCUT2D eigenvalue weighted by Gasteiger charge is 2.24. The Morgan fingerprint density at radius 1 is 1.31 bits per heavy atom. The van der Waals surface area contributed by atoms with Crippen LogP contribution in [0.5, 0.6) is 0 Å². The van der Waals surface area contributed by atoms with Crippen molar-refractivity contribution in [3.05, 3.63) is 0 Å². The number of hydrogen-bond acceptors (Lipinski definition) is 3. The maximum atomic E-state index is 8.89. The summed E-state index contributed by atoms with van der Waals surface area (Å²) >= 11 is 5.12. The molecular weight excluding hydrogens is 190 g/mol. The van der Waals surface area contributed by atoms with Crippen molar-refractivity contribution in [3.63, 3.8) is 0 Å². The highest BCUT2D eigenvalue weighted by Crippen LogP contribution is 2.04. The van der Waals surface area contributed by atoms with E-state index in [1.54, 1.807) is 4.90 Å². The Labute approximate surface area is 82.9 Å². The number of thiocarbonyl (C=S) groups is 1. The molecule has 1 saturated heterocycles. The van der Waals surface area contributed by atoms with Gasteiger partial charge in [0.15, 0.2) is 11.8 Å². The van der Waals surface area contributed by atoms with Gasteiger partial charge in [-0.3, -0.25) is 0 Å². The van der Waals surface area contributed by atoms with Gasteiger partial charge in [-0.05, 0) is 12.2 Å². The maximum absolute atomic E-state index is 8.89. The number of quaternary nitrogens is 1. The summed E-state index contributed by atoms with van der Waals surface area (Å²) in [5, 5.41) is 20.2. The Hall–Kier alpha value is -0.430. The normalized spacial score (nSPS) is 17.2. The lowest BCUT2D eigenvalue weighted by atomic mass is 10.6. The van der Waals surface area contributed by atoms with Gasteiger partial charge in [-0.25, -0.2) is 0 Å². The molecule has 0 unspecified atom stereocenters. The zero-order valence-corrected chi connectivity index (χ0v) is 8.33. The van der Waals surface area contributed by atoms with E-state index in [0.29, 0.717) is 11.7 Å². The molecule has 0 spiro atoms. The third-order valence-electron chi connectivity index (χ3n) is 2.03. The second-order valence-electron chi connectivity index (χ2n) is 2.93. The largest absolute Gasteiger partial charge is 0.391 e. The fraction of sp³-hybridized carbons (Fsp3) is 0.857. The molecule has 76 valence electrons. The summed E-state index contributed by atoms with van der Waals surface area (Å²) in [7, 11) is 0. The van der Waals surface area contributed by atoms with E-state index < -0.39 is 0 Å². The van der Waals surface area contributed by atoms with Crippen LogP contribution in [0.1, 0.15) is 0 Å². The molecule has 13 heavy (non-hydrogen) atoms. The number of rotatable bonds is 5. The van der Waals surface area contributed by atoms with Crippen LogP contribution in [0.2, 0.25) is 0 Å². The van der Waals surface area contributed by atoms with Crippen molar-refractivity contribution in [2.45, 2.75) is 0 Å². The zero-order valence-electron chi connectivity index (χ0n) is 7.52. The molecule has 0 saturated carbocycles. The lowest BCUT2D eigenvalue weighted by Crippen LogP contribution is -2.88. The van der Waals surface area contributed by atoms with Crippen molar-refractivity contribution < 1.29 is 15.5 Å². The molecule has 1 aliphatic heterocycles. The van der Waals surface area contributed by atoms with Gasteiger partial charge in [0.05, 0.1) is 6.61 Å². The highest BCUT2D eigenvalue weighted by atomic mass is 32.1. The molecule has 5 nitrogen and oxygen atoms in total. The molecule has 0 amide bonds. The molecule has 0 aromatic rings. The summed E-state index contributed by atoms with van der Waals surface area (Å²) < 4.78 is 0. The van der Waals surface area contributed by atoms with Crippen LogP contribution in [0.15, 0.2) is 0 Å². The lowest BCUT2D eigenvalue weighted by molar-refractivity contribution is -0.669. The minimum absolute atomic E-state index is 0.00463. The number of hydrogen-bond donors (Lipinski definition) is 3. The van der Waals surface area contributed by atoms with Gasteiger partial charge >= 0.3 is 0 Å². The van der Waals surface area contributed by atoms with Gasteiger partial charge in [-0.1, -0.05) is 0 Å². The fourth-order valence-corrected chi connectivity index (χ4v) is 1.59. The fourth-order valence-electron chi connectivity index (χ4n) is 1.27. The average molecular weight is 206 g/mol. The lowest BCUT2D eigenvalue weighted by Gasteiger charge is -2.18. The smallest absolute Gasteiger partial charge is 0.177 e. The Balaban J connectivity index is 2.24. The number of nitrogens with zero attached hydrogens (tertiary/aromatic N) is 2. The molecule has 0 bridgehead atoms. The van der Waals surface area contributed by atoms with Gasteiger partial charge in [0, 0.05) is 13.1 Å². The van der Waals surface area contributed by atoms with Crippen LogP contribution in [0, 0.1) is 0 Å². The number of nitrogens with two attached hydrogens (primary N) is 1. The first-order valence-corrected chi connectivity index (χ1v) is 4.77. The molecule has 0 aromatic heterocycles. The molecule has 0 radical (unpaired) electrons. The summed E-state index contributed by atoms with van der Waals surface area (Å²) in [5.41, 5.74) is 0. The Morgan fingerprint density at radius 3 is 2.54 bits per heavy atom. The highest BCUT2D eigenvalue weighted by molar-refractivity contribution is 7.80. The number of aliphatic hydroxyl groups is 2. The van der Waals surface area contributed by atoms with Crippen LogP contribution >= 0.6 is 12.2 Å². The predicted octanol–water partition coefficient (Wildman–Crippen LogP) is -2.65. The minimum atomic E-state index is -0.00463. The van der Waals surface area contributed by atoms with Crippen molar-refractivity contribution in [1.82, 2.24) is 9.80 Å². The quantitative estimate of drug-likeness (QED) is 0.339. The summed E-state index contributed by atoms with van der Waals surface area (Å²) in [4.78, 5) is 3.77. The summed E-state index contributed by atoms with van der Waals surface area (Å²) in [5.74, 6) is 0. The Kier molecular flexibility index (Phi) is 4.37. The molecule has 6 heteroatoms. The standard InChI is InChI=1S/C7H15N3O2S/c11-4-1-8-5-9-2-3-10(6-12)7(9)13/h8,11-12H,1-6H2/p+1. The van der Waals surface area contributed by atoms with Crippen LogP contribution in [-0.4, -0.2) is 64.8 Å². The molecule has 1 heterocycles. The van der Waals surface area contributed by atoms with Crippen molar-refractivity contribution in [2.24, 2.45) is 0 Å². The first-order chi connectivity index (χ1) is 6.29. The molecule has 1 aliphatic rings. The second kappa shape index (κ2) is 5.33. The first kappa shape index (κ1) is 10.6. The van der Waals surface area contributed by atoms with Crippen LogP contribution in [-0.2, 0) is 0 Å². The summed E-state index contributed by atoms with van der Waals surface area (Å²) in [6, 6.07) is 0. The first-order valence-electron chi connectivity index (χ1n) is 4.37.